The second-order valence-corrected chi connectivity index (χ2v) is 8.89. The maximum absolute atomic E-state index is 11.5. The Balaban J connectivity index is 1.97. The first kappa shape index (κ1) is 18.2. The van der Waals surface area contributed by atoms with Crippen molar-refractivity contribution >= 4 is 25.8 Å². The number of halogens is 1. The second-order valence-electron chi connectivity index (χ2n) is 5.96. The van der Waals surface area contributed by atoms with Gasteiger partial charge in [0.2, 0.25) is 0 Å². The first-order chi connectivity index (χ1) is 10.8. The van der Waals surface area contributed by atoms with E-state index in [4.69, 9.17) is 0 Å². The molecule has 2 unspecified atom stereocenters. The molecular weight excluding hydrogens is 374 g/mol. The van der Waals surface area contributed by atoms with Gasteiger partial charge in [-0.2, -0.15) is 0 Å². The van der Waals surface area contributed by atoms with Crippen molar-refractivity contribution in [1.29, 1.82) is 0 Å². The zero-order valence-corrected chi connectivity index (χ0v) is 16.0. The molecule has 0 amide bonds. The van der Waals surface area contributed by atoms with Crippen molar-refractivity contribution in [3.8, 4) is 0 Å². The molecule has 0 aliphatic carbocycles. The highest BCUT2D eigenvalue weighted by Crippen LogP contribution is 2.18. The lowest BCUT2D eigenvalue weighted by Gasteiger charge is -2.21. The van der Waals surface area contributed by atoms with E-state index in [0.29, 0.717) is 10.9 Å². The van der Waals surface area contributed by atoms with Gasteiger partial charge in [-0.15, -0.1) is 0 Å². The van der Waals surface area contributed by atoms with Crippen LogP contribution in [-0.4, -0.2) is 20.7 Å². The lowest BCUT2D eigenvalue weighted by atomic mass is 10.0. The van der Waals surface area contributed by atoms with Crippen LogP contribution in [0.5, 0.6) is 0 Å². The molecule has 2 atom stereocenters. The van der Waals surface area contributed by atoms with E-state index < -0.39 is 9.84 Å². The summed E-state index contributed by atoms with van der Waals surface area (Å²) in [5.74, 6) is 0. The highest BCUT2D eigenvalue weighted by molar-refractivity contribution is 9.10. The highest BCUT2D eigenvalue weighted by Gasteiger charge is 2.12. The van der Waals surface area contributed by atoms with Gasteiger partial charge in [-0.3, -0.25) is 0 Å². The van der Waals surface area contributed by atoms with Gasteiger partial charge in [0.05, 0.1) is 4.90 Å². The van der Waals surface area contributed by atoms with Crippen LogP contribution in [-0.2, 0) is 16.3 Å². The van der Waals surface area contributed by atoms with Crippen LogP contribution in [0.15, 0.2) is 57.9 Å². The van der Waals surface area contributed by atoms with Crippen LogP contribution in [0.3, 0.4) is 0 Å². The van der Waals surface area contributed by atoms with Crippen molar-refractivity contribution in [2.75, 3.05) is 6.26 Å². The van der Waals surface area contributed by atoms with E-state index in [1.165, 1.54) is 11.8 Å². The maximum atomic E-state index is 11.5. The molecule has 0 spiro atoms. The van der Waals surface area contributed by atoms with Crippen LogP contribution >= 0.6 is 15.9 Å². The minimum Gasteiger partial charge on any atom is -0.307 e. The third-order valence-corrected chi connectivity index (χ3v) is 5.46. The molecule has 5 heteroatoms. The molecule has 3 nitrogen and oxygen atoms in total. The fraction of sp³-hybridized carbons (Fsp3) is 0.333. The summed E-state index contributed by atoms with van der Waals surface area (Å²) in [6.45, 7) is 4.25. The van der Waals surface area contributed by atoms with Gasteiger partial charge in [-0.25, -0.2) is 8.42 Å². The molecule has 124 valence electrons. The summed E-state index contributed by atoms with van der Waals surface area (Å²) < 4.78 is 24.1. The summed E-state index contributed by atoms with van der Waals surface area (Å²) in [6.07, 6.45) is 2.17. The van der Waals surface area contributed by atoms with Crippen LogP contribution in [0.1, 0.15) is 31.0 Å². The number of hydrogen-bond donors (Lipinski definition) is 1. The van der Waals surface area contributed by atoms with E-state index in [1.807, 2.05) is 12.1 Å². The normalized spacial score (nSPS) is 14.4. The third-order valence-electron chi connectivity index (χ3n) is 3.80. The zero-order chi connectivity index (χ0) is 17.0. The molecule has 2 aromatic carbocycles. The van der Waals surface area contributed by atoms with E-state index in [9.17, 15) is 8.42 Å². The lowest BCUT2D eigenvalue weighted by molar-refractivity contribution is 0.477. The zero-order valence-electron chi connectivity index (χ0n) is 13.6. The predicted molar refractivity (Wildman–Crippen MR) is 98.4 cm³/mol. The van der Waals surface area contributed by atoms with Crippen molar-refractivity contribution in [3.63, 3.8) is 0 Å². The van der Waals surface area contributed by atoms with Crippen molar-refractivity contribution < 1.29 is 8.42 Å². The molecule has 23 heavy (non-hydrogen) atoms. The van der Waals surface area contributed by atoms with Crippen molar-refractivity contribution in [1.82, 2.24) is 5.32 Å². The molecule has 0 heterocycles. The Morgan fingerprint density at radius 1 is 1.00 bits per heavy atom. The summed E-state index contributed by atoms with van der Waals surface area (Å²) in [5.41, 5.74) is 2.37. The van der Waals surface area contributed by atoms with E-state index in [-0.39, 0.29) is 6.04 Å². The minimum absolute atomic E-state index is 0.161. The van der Waals surface area contributed by atoms with Gasteiger partial charge in [0.25, 0.3) is 0 Å². The number of benzene rings is 2. The summed E-state index contributed by atoms with van der Waals surface area (Å²) in [4.78, 5) is 0.358. The molecule has 0 fully saturated rings. The largest absolute Gasteiger partial charge is 0.307 e. The maximum Gasteiger partial charge on any atom is 0.175 e. The average Bonchev–Trinajstić information content (AvgIpc) is 2.49. The Labute approximate surface area is 147 Å². The van der Waals surface area contributed by atoms with E-state index in [2.05, 4.69) is 59.4 Å². The van der Waals surface area contributed by atoms with Crippen molar-refractivity contribution in [2.45, 2.75) is 37.2 Å². The van der Waals surface area contributed by atoms with Gasteiger partial charge in [0, 0.05) is 22.8 Å². The molecule has 2 aromatic rings. The third kappa shape index (κ3) is 5.44. The monoisotopic (exact) mass is 395 g/mol. The molecule has 0 aliphatic heterocycles. The van der Waals surface area contributed by atoms with E-state index >= 15 is 0 Å². The highest BCUT2D eigenvalue weighted by atomic mass is 79.9. The standard InChI is InChI=1S/C18H22BrNO2S/c1-13(12-15-4-8-17(19)9-5-15)20-14(2)16-6-10-18(11-7-16)23(3,21)22/h4-11,13-14,20H,12H2,1-3H3. The van der Waals surface area contributed by atoms with Crippen molar-refractivity contribution in [2.24, 2.45) is 0 Å². The topological polar surface area (TPSA) is 46.2 Å². The average molecular weight is 396 g/mol. The van der Waals surface area contributed by atoms with Crippen LogP contribution in [0.25, 0.3) is 0 Å². The molecule has 0 radical (unpaired) electrons. The summed E-state index contributed by atoms with van der Waals surface area (Å²) in [5, 5.41) is 3.56. The van der Waals surface area contributed by atoms with Crippen LogP contribution in [0.4, 0.5) is 0 Å². The van der Waals surface area contributed by atoms with Gasteiger partial charge in [0.15, 0.2) is 9.84 Å². The fourth-order valence-electron chi connectivity index (χ4n) is 2.56. The van der Waals surface area contributed by atoms with Gasteiger partial charge >= 0.3 is 0 Å². The molecule has 1 N–H and O–H groups in total. The number of nitrogens with one attached hydrogen (secondary N) is 1. The molecule has 2 rings (SSSR count). The number of sulfone groups is 1. The smallest absolute Gasteiger partial charge is 0.175 e. The van der Waals surface area contributed by atoms with Gasteiger partial charge in [0.1, 0.15) is 0 Å². The van der Waals surface area contributed by atoms with Gasteiger partial charge in [-0.1, -0.05) is 40.2 Å². The SMILES string of the molecule is CC(Cc1ccc(Br)cc1)NC(C)c1ccc(S(C)(=O)=O)cc1. The number of hydrogen-bond acceptors (Lipinski definition) is 3. The molecule has 0 bridgehead atoms. The van der Waals surface area contributed by atoms with Crippen molar-refractivity contribution in [3.05, 3.63) is 64.1 Å². The minimum atomic E-state index is -3.14. The van der Waals surface area contributed by atoms with Crippen LogP contribution in [0, 0.1) is 0 Å². The Morgan fingerprint density at radius 2 is 1.57 bits per heavy atom. The number of rotatable bonds is 6. The summed E-state index contributed by atoms with van der Waals surface area (Å²) in [6, 6.07) is 15.9. The lowest BCUT2D eigenvalue weighted by Crippen LogP contribution is -2.30. The van der Waals surface area contributed by atoms with Gasteiger partial charge in [-0.05, 0) is 55.7 Å². The van der Waals surface area contributed by atoms with Gasteiger partial charge < -0.3 is 5.32 Å². The first-order valence-corrected chi connectivity index (χ1v) is 10.2. The molecule has 0 saturated carbocycles. The Kier molecular flexibility index (Phi) is 6.00. The quantitative estimate of drug-likeness (QED) is 0.799. The fourth-order valence-corrected chi connectivity index (χ4v) is 3.45. The van der Waals surface area contributed by atoms with Crippen LogP contribution < -0.4 is 5.32 Å². The molecule has 0 aliphatic rings. The summed E-state index contributed by atoms with van der Waals surface area (Å²) >= 11 is 3.44. The molecular formula is C18H22BrNO2S. The first-order valence-electron chi connectivity index (χ1n) is 7.56. The predicted octanol–water partition coefficient (Wildman–Crippen LogP) is 4.13. The second kappa shape index (κ2) is 7.60. The molecule has 0 aromatic heterocycles. The molecule has 0 saturated heterocycles. The van der Waals surface area contributed by atoms with Crippen LogP contribution in [0.2, 0.25) is 0 Å². The van der Waals surface area contributed by atoms with E-state index in [0.717, 1.165) is 16.5 Å². The van der Waals surface area contributed by atoms with E-state index in [1.54, 1.807) is 12.1 Å². The Bertz CT molecular complexity index is 740. The summed E-state index contributed by atoms with van der Waals surface area (Å²) in [7, 11) is -3.14. The Morgan fingerprint density at radius 3 is 2.09 bits per heavy atom. The Hall–Kier alpha value is -1.17.